The first kappa shape index (κ1) is 17.4. The molecule has 0 bridgehead atoms. The lowest BCUT2D eigenvalue weighted by Gasteiger charge is -2.28. The van der Waals surface area contributed by atoms with Gasteiger partial charge in [0, 0.05) is 30.2 Å². The quantitative estimate of drug-likeness (QED) is 0.481. The van der Waals surface area contributed by atoms with Crippen molar-refractivity contribution in [1.82, 2.24) is 19.9 Å². The molecular formula is C21H21N7O. The van der Waals surface area contributed by atoms with Crippen molar-refractivity contribution in [2.45, 2.75) is 0 Å². The molecule has 3 N–H and O–H groups in total. The van der Waals surface area contributed by atoms with Gasteiger partial charge in [-0.25, -0.2) is 9.97 Å². The van der Waals surface area contributed by atoms with E-state index in [0.717, 1.165) is 43.2 Å². The Balaban J connectivity index is 1.35. The lowest BCUT2D eigenvalue weighted by atomic mass is 10.2. The number of hydrogen-bond donors (Lipinski definition) is 3. The number of morpholine rings is 1. The van der Waals surface area contributed by atoms with E-state index in [9.17, 15) is 0 Å². The Hall–Kier alpha value is -3.65. The summed E-state index contributed by atoms with van der Waals surface area (Å²) in [5.41, 5.74) is 4.46. The van der Waals surface area contributed by atoms with Crippen LogP contribution in [0.25, 0.3) is 11.2 Å². The molecule has 2 aromatic heterocycles. The molecule has 0 spiro atoms. The maximum Gasteiger partial charge on any atom is 0.207 e. The molecule has 146 valence electrons. The number of H-pyrrole nitrogens is 1. The Kier molecular flexibility index (Phi) is 4.67. The highest BCUT2D eigenvalue weighted by molar-refractivity contribution is 5.86. The van der Waals surface area contributed by atoms with E-state index in [1.54, 1.807) is 0 Å². The first-order valence-electron chi connectivity index (χ1n) is 9.58. The lowest BCUT2D eigenvalue weighted by molar-refractivity contribution is 0.122. The summed E-state index contributed by atoms with van der Waals surface area (Å²) in [6.07, 6.45) is 1.51. The van der Waals surface area contributed by atoms with Crippen molar-refractivity contribution >= 4 is 40.0 Å². The summed E-state index contributed by atoms with van der Waals surface area (Å²) in [5.74, 6) is 1.31. The monoisotopic (exact) mass is 387 g/mol. The fourth-order valence-corrected chi connectivity index (χ4v) is 3.35. The number of fused-ring (bicyclic) bond motifs is 1. The molecule has 5 rings (SSSR count). The van der Waals surface area contributed by atoms with Crippen molar-refractivity contribution in [3.63, 3.8) is 0 Å². The number of imidazole rings is 1. The average Bonchev–Trinajstić information content (AvgIpc) is 3.19. The van der Waals surface area contributed by atoms with Crippen molar-refractivity contribution in [1.29, 1.82) is 0 Å². The molecule has 1 fully saturated rings. The van der Waals surface area contributed by atoms with E-state index in [1.807, 2.05) is 42.5 Å². The number of ether oxygens (including phenoxy) is 1. The molecule has 1 aliphatic heterocycles. The van der Waals surface area contributed by atoms with Gasteiger partial charge in [-0.15, -0.1) is 0 Å². The number of aromatic amines is 1. The molecule has 1 saturated heterocycles. The smallest absolute Gasteiger partial charge is 0.207 e. The number of aromatic nitrogens is 4. The molecule has 0 saturated carbocycles. The topological polar surface area (TPSA) is 91.0 Å². The molecule has 4 aromatic rings. The third-order valence-electron chi connectivity index (χ3n) is 4.83. The summed E-state index contributed by atoms with van der Waals surface area (Å²) in [6.45, 7) is 3.40. The maximum absolute atomic E-state index is 5.42. The SMILES string of the molecule is c1ccc(Nc2ncnc3nc(Nc4ccc(N5CCOCC5)cc4)[nH]c23)cc1. The zero-order valence-corrected chi connectivity index (χ0v) is 15.8. The van der Waals surface area contributed by atoms with E-state index in [4.69, 9.17) is 4.74 Å². The van der Waals surface area contributed by atoms with Gasteiger partial charge < -0.3 is 25.3 Å². The summed E-state index contributed by atoms with van der Waals surface area (Å²) < 4.78 is 5.42. The van der Waals surface area contributed by atoms with Gasteiger partial charge in [-0.2, -0.15) is 4.98 Å². The molecule has 0 aliphatic carbocycles. The fraction of sp³-hybridized carbons (Fsp3) is 0.190. The maximum atomic E-state index is 5.42. The second-order valence-electron chi connectivity index (χ2n) is 6.77. The zero-order valence-electron chi connectivity index (χ0n) is 15.8. The minimum absolute atomic E-state index is 0.603. The number of anilines is 5. The standard InChI is InChI=1S/C21H21N7O/c1-2-4-15(5-3-1)24-19-18-20(23-14-22-19)27-21(26-18)25-16-6-8-17(9-7-16)28-10-12-29-13-11-28/h1-9,14H,10-13H2,(H3,22,23,24,25,26,27). The Morgan fingerprint density at radius 1 is 0.862 bits per heavy atom. The van der Waals surface area contributed by atoms with Gasteiger partial charge in [0.25, 0.3) is 0 Å². The second kappa shape index (κ2) is 7.76. The highest BCUT2D eigenvalue weighted by Crippen LogP contribution is 2.25. The molecule has 0 amide bonds. The Labute approximate surface area is 168 Å². The lowest BCUT2D eigenvalue weighted by Crippen LogP contribution is -2.36. The van der Waals surface area contributed by atoms with Gasteiger partial charge in [-0.3, -0.25) is 0 Å². The largest absolute Gasteiger partial charge is 0.378 e. The van der Waals surface area contributed by atoms with E-state index in [-0.39, 0.29) is 0 Å². The van der Waals surface area contributed by atoms with Crippen LogP contribution in [-0.4, -0.2) is 46.2 Å². The molecule has 8 heteroatoms. The first-order chi connectivity index (χ1) is 14.3. The number of rotatable bonds is 5. The zero-order chi connectivity index (χ0) is 19.5. The molecule has 3 heterocycles. The molecule has 8 nitrogen and oxygen atoms in total. The minimum Gasteiger partial charge on any atom is -0.378 e. The van der Waals surface area contributed by atoms with Crippen molar-refractivity contribution in [3.8, 4) is 0 Å². The number of para-hydroxylation sites is 1. The van der Waals surface area contributed by atoms with Crippen molar-refractivity contribution < 1.29 is 4.74 Å². The van der Waals surface area contributed by atoms with Crippen LogP contribution in [0.3, 0.4) is 0 Å². The van der Waals surface area contributed by atoms with Crippen LogP contribution in [0.5, 0.6) is 0 Å². The van der Waals surface area contributed by atoms with Crippen LogP contribution < -0.4 is 15.5 Å². The van der Waals surface area contributed by atoms with Crippen LogP contribution in [0.15, 0.2) is 60.9 Å². The van der Waals surface area contributed by atoms with Crippen molar-refractivity contribution in [2.75, 3.05) is 41.8 Å². The summed E-state index contributed by atoms with van der Waals surface area (Å²) >= 11 is 0. The van der Waals surface area contributed by atoms with Gasteiger partial charge in [-0.1, -0.05) is 18.2 Å². The summed E-state index contributed by atoms with van der Waals surface area (Å²) in [5, 5.41) is 6.61. The minimum atomic E-state index is 0.603. The summed E-state index contributed by atoms with van der Waals surface area (Å²) in [4.78, 5) is 18.8. The van der Waals surface area contributed by atoms with Crippen molar-refractivity contribution in [3.05, 3.63) is 60.9 Å². The Morgan fingerprint density at radius 2 is 1.62 bits per heavy atom. The number of nitrogens with zero attached hydrogens (tertiary/aromatic N) is 4. The Bertz CT molecular complexity index is 1090. The van der Waals surface area contributed by atoms with Gasteiger partial charge in [0.15, 0.2) is 11.5 Å². The highest BCUT2D eigenvalue weighted by Gasteiger charge is 2.12. The number of hydrogen-bond acceptors (Lipinski definition) is 7. The molecule has 0 radical (unpaired) electrons. The van der Waals surface area contributed by atoms with E-state index >= 15 is 0 Å². The molecular weight excluding hydrogens is 366 g/mol. The summed E-state index contributed by atoms with van der Waals surface area (Å²) in [6, 6.07) is 18.2. The van der Waals surface area contributed by atoms with E-state index < -0.39 is 0 Å². The van der Waals surface area contributed by atoms with Crippen LogP contribution in [0.4, 0.5) is 28.8 Å². The predicted octanol–water partition coefficient (Wildman–Crippen LogP) is 3.68. The molecule has 1 aliphatic rings. The second-order valence-corrected chi connectivity index (χ2v) is 6.77. The van der Waals surface area contributed by atoms with Crippen LogP contribution >= 0.6 is 0 Å². The van der Waals surface area contributed by atoms with Crippen LogP contribution in [0.2, 0.25) is 0 Å². The van der Waals surface area contributed by atoms with Crippen LogP contribution in [0, 0.1) is 0 Å². The van der Waals surface area contributed by atoms with Gasteiger partial charge in [0.2, 0.25) is 5.95 Å². The molecule has 2 aromatic carbocycles. The molecule has 0 unspecified atom stereocenters. The van der Waals surface area contributed by atoms with E-state index in [2.05, 4.69) is 47.6 Å². The predicted molar refractivity (Wildman–Crippen MR) is 114 cm³/mol. The highest BCUT2D eigenvalue weighted by atomic mass is 16.5. The van der Waals surface area contributed by atoms with Crippen LogP contribution in [0.1, 0.15) is 0 Å². The van der Waals surface area contributed by atoms with Crippen LogP contribution in [-0.2, 0) is 4.74 Å². The number of benzene rings is 2. The average molecular weight is 387 g/mol. The summed E-state index contributed by atoms with van der Waals surface area (Å²) in [7, 11) is 0. The van der Waals surface area contributed by atoms with Gasteiger partial charge in [0.05, 0.1) is 13.2 Å². The van der Waals surface area contributed by atoms with E-state index in [0.29, 0.717) is 17.4 Å². The molecule has 29 heavy (non-hydrogen) atoms. The third kappa shape index (κ3) is 3.83. The van der Waals surface area contributed by atoms with Gasteiger partial charge >= 0.3 is 0 Å². The Morgan fingerprint density at radius 3 is 2.41 bits per heavy atom. The molecule has 0 atom stereocenters. The third-order valence-corrected chi connectivity index (χ3v) is 4.83. The van der Waals surface area contributed by atoms with E-state index in [1.165, 1.54) is 12.0 Å². The first-order valence-corrected chi connectivity index (χ1v) is 9.58. The normalized spacial score (nSPS) is 14.1. The van der Waals surface area contributed by atoms with Gasteiger partial charge in [-0.05, 0) is 36.4 Å². The fourth-order valence-electron chi connectivity index (χ4n) is 3.35. The van der Waals surface area contributed by atoms with Gasteiger partial charge in [0.1, 0.15) is 11.8 Å². The van der Waals surface area contributed by atoms with Crippen molar-refractivity contribution in [2.24, 2.45) is 0 Å². The number of nitrogens with one attached hydrogen (secondary N) is 3.